The first-order valence-corrected chi connectivity index (χ1v) is 8.87. The van der Waals surface area contributed by atoms with Gasteiger partial charge in [0.1, 0.15) is 17.7 Å². The van der Waals surface area contributed by atoms with Crippen LogP contribution in [0.3, 0.4) is 0 Å². The number of hydrogen-bond donors (Lipinski definition) is 1. The van der Waals surface area contributed by atoms with Gasteiger partial charge in [-0.25, -0.2) is 4.99 Å². The van der Waals surface area contributed by atoms with Crippen LogP contribution in [0, 0.1) is 0 Å². The summed E-state index contributed by atoms with van der Waals surface area (Å²) < 4.78 is 7.05. The number of fused-ring (bicyclic) bond motifs is 2. The lowest BCUT2D eigenvalue weighted by molar-refractivity contribution is 0.0936. The molecule has 0 aliphatic carbocycles. The average Bonchev–Trinajstić information content (AvgIpc) is 3.26. The van der Waals surface area contributed by atoms with Gasteiger partial charge in [-0.3, -0.25) is 9.20 Å². The van der Waals surface area contributed by atoms with Crippen molar-refractivity contribution in [3.63, 3.8) is 0 Å². The normalized spacial score (nSPS) is 12.0. The number of thiocarbonyl (C=S) groups is 1. The topological polar surface area (TPSA) is 71.9 Å². The minimum Gasteiger partial charge on any atom is -0.432 e. The number of nitrogens with zero attached hydrogens (tertiary/aromatic N) is 3. The van der Waals surface area contributed by atoms with Crippen LogP contribution in [0.1, 0.15) is 17.4 Å². The number of carbonyl (C=O) groups excluding carboxylic acids is 1. The number of imidazole rings is 1. The molecule has 0 radical (unpaired) electrons. The van der Waals surface area contributed by atoms with Crippen molar-refractivity contribution in [3.05, 3.63) is 60.6 Å². The van der Waals surface area contributed by atoms with Crippen molar-refractivity contribution in [2.75, 3.05) is 6.54 Å². The highest BCUT2D eigenvalue weighted by molar-refractivity contribution is 7.78. The Hall–Kier alpha value is -3.28. The van der Waals surface area contributed by atoms with Gasteiger partial charge in [0.15, 0.2) is 0 Å². The lowest BCUT2D eigenvalue weighted by Crippen LogP contribution is -2.35. The number of benzene rings is 2. The summed E-state index contributed by atoms with van der Waals surface area (Å²) in [5.74, 6) is 0.118. The molecule has 1 unspecified atom stereocenters. The van der Waals surface area contributed by atoms with Crippen LogP contribution < -0.4 is 5.32 Å². The van der Waals surface area contributed by atoms with Crippen LogP contribution in [-0.4, -0.2) is 33.0 Å². The molecule has 1 atom stereocenters. The van der Waals surface area contributed by atoms with E-state index in [0.29, 0.717) is 23.8 Å². The first-order valence-electron chi connectivity index (χ1n) is 8.46. The summed E-state index contributed by atoms with van der Waals surface area (Å²) in [6, 6.07) is 13.9. The third-order valence-electron chi connectivity index (χ3n) is 4.31. The molecular weight excluding hydrogens is 360 g/mol. The molecule has 7 heteroatoms. The average molecular weight is 376 g/mol. The van der Waals surface area contributed by atoms with Crippen molar-refractivity contribution < 1.29 is 9.21 Å². The van der Waals surface area contributed by atoms with E-state index in [1.165, 1.54) is 6.26 Å². The minimum absolute atomic E-state index is 0.185. The quantitative estimate of drug-likeness (QED) is 0.423. The van der Waals surface area contributed by atoms with Crippen LogP contribution in [0.5, 0.6) is 0 Å². The third-order valence-corrected chi connectivity index (χ3v) is 4.44. The van der Waals surface area contributed by atoms with Crippen LogP contribution in [0.4, 0.5) is 0 Å². The fraction of sp³-hybridized carbons (Fsp3) is 0.150. The molecule has 0 fully saturated rings. The first kappa shape index (κ1) is 17.1. The molecule has 2 aromatic heterocycles. The highest BCUT2D eigenvalue weighted by Crippen LogP contribution is 2.28. The van der Waals surface area contributed by atoms with Gasteiger partial charge in [0.25, 0.3) is 5.91 Å². The maximum absolute atomic E-state index is 12.9. The molecule has 0 saturated carbocycles. The van der Waals surface area contributed by atoms with Crippen LogP contribution in [-0.2, 0) is 0 Å². The van der Waals surface area contributed by atoms with E-state index in [1.54, 1.807) is 10.6 Å². The highest BCUT2D eigenvalue weighted by Gasteiger charge is 2.23. The predicted octanol–water partition coefficient (Wildman–Crippen LogP) is 3.97. The Bertz CT molecular complexity index is 1190. The molecule has 0 aliphatic heterocycles. The Morgan fingerprint density at radius 2 is 2.15 bits per heavy atom. The van der Waals surface area contributed by atoms with Gasteiger partial charge >= 0.3 is 5.84 Å². The van der Waals surface area contributed by atoms with Crippen LogP contribution >= 0.6 is 12.2 Å². The van der Waals surface area contributed by atoms with Gasteiger partial charge in [-0.05, 0) is 36.0 Å². The van der Waals surface area contributed by atoms with Gasteiger partial charge in [0.05, 0.1) is 11.7 Å². The van der Waals surface area contributed by atoms with E-state index in [4.69, 9.17) is 4.42 Å². The minimum atomic E-state index is -0.251. The molecule has 1 amide bonds. The zero-order valence-electron chi connectivity index (χ0n) is 14.5. The second kappa shape index (κ2) is 7.15. The van der Waals surface area contributed by atoms with E-state index in [2.05, 4.69) is 32.7 Å². The van der Waals surface area contributed by atoms with Crippen LogP contribution in [0.25, 0.3) is 27.9 Å². The zero-order valence-corrected chi connectivity index (χ0v) is 15.4. The molecule has 0 aliphatic rings. The lowest BCUT2D eigenvalue weighted by atomic mass is 10.0. The molecular formula is C20H16N4O2S. The Labute approximate surface area is 160 Å². The van der Waals surface area contributed by atoms with Gasteiger partial charge in [0, 0.05) is 17.8 Å². The number of rotatable bonds is 5. The van der Waals surface area contributed by atoms with E-state index >= 15 is 0 Å². The van der Waals surface area contributed by atoms with E-state index in [-0.39, 0.29) is 11.9 Å². The molecule has 0 spiro atoms. The van der Waals surface area contributed by atoms with Crippen molar-refractivity contribution in [1.29, 1.82) is 0 Å². The summed E-state index contributed by atoms with van der Waals surface area (Å²) in [7, 11) is 0. The third kappa shape index (κ3) is 3.26. The fourth-order valence-corrected chi connectivity index (χ4v) is 3.13. The SMILES string of the molecule is CC(CN=C=S)NC(=O)c1c(-c2ccc3ccccc3c2)nc2occn12. The summed E-state index contributed by atoms with van der Waals surface area (Å²) in [4.78, 5) is 21.4. The van der Waals surface area contributed by atoms with Crippen LogP contribution in [0.15, 0.2) is 64.3 Å². The van der Waals surface area contributed by atoms with Crippen molar-refractivity contribution in [2.45, 2.75) is 13.0 Å². The molecule has 2 heterocycles. The summed E-state index contributed by atoms with van der Waals surface area (Å²) in [5.41, 5.74) is 1.85. The zero-order chi connectivity index (χ0) is 18.8. The van der Waals surface area contributed by atoms with E-state index in [9.17, 15) is 4.79 Å². The fourth-order valence-electron chi connectivity index (χ4n) is 3.05. The van der Waals surface area contributed by atoms with Gasteiger partial charge in [-0.2, -0.15) is 4.98 Å². The number of oxazole rings is 1. The largest absolute Gasteiger partial charge is 0.432 e. The van der Waals surface area contributed by atoms with Gasteiger partial charge in [-0.1, -0.05) is 36.4 Å². The number of amides is 1. The van der Waals surface area contributed by atoms with E-state index < -0.39 is 0 Å². The smallest absolute Gasteiger partial charge is 0.306 e. The lowest BCUT2D eigenvalue weighted by Gasteiger charge is -2.11. The molecule has 27 heavy (non-hydrogen) atoms. The summed E-state index contributed by atoms with van der Waals surface area (Å²) in [6.07, 6.45) is 3.19. The molecule has 4 rings (SSSR count). The summed E-state index contributed by atoms with van der Waals surface area (Å²) >= 11 is 4.58. The Morgan fingerprint density at radius 1 is 1.33 bits per heavy atom. The Balaban J connectivity index is 1.78. The Kier molecular flexibility index (Phi) is 4.54. The predicted molar refractivity (Wildman–Crippen MR) is 107 cm³/mol. The number of aliphatic imine (C=N–C) groups is 1. The molecule has 2 aromatic carbocycles. The van der Waals surface area contributed by atoms with Crippen molar-refractivity contribution in [2.24, 2.45) is 4.99 Å². The van der Waals surface area contributed by atoms with Crippen molar-refractivity contribution in [1.82, 2.24) is 14.7 Å². The van der Waals surface area contributed by atoms with Crippen molar-refractivity contribution >= 4 is 39.9 Å². The maximum atomic E-state index is 12.9. The molecule has 134 valence electrons. The van der Waals surface area contributed by atoms with E-state index in [1.807, 2.05) is 49.4 Å². The summed E-state index contributed by atoms with van der Waals surface area (Å²) in [5, 5.41) is 7.44. The molecule has 4 aromatic rings. The number of aromatic nitrogens is 2. The van der Waals surface area contributed by atoms with Gasteiger partial charge < -0.3 is 9.73 Å². The number of hydrogen-bond acceptors (Lipinski definition) is 5. The molecule has 0 saturated heterocycles. The maximum Gasteiger partial charge on any atom is 0.306 e. The molecule has 1 N–H and O–H groups in total. The van der Waals surface area contributed by atoms with Gasteiger partial charge in [-0.15, -0.1) is 0 Å². The van der Waals surface area contributed by atoms with Crippen molar-refractivity contribution in [3.8, 4) is 11.3 Å². The Morgan fingerprint density at radius 3 is 2.96 bits per heavy atom. The summed E-state index contributed by atoms with van der Waals surface area (Å²) in [6.45, 7) is 2.23. The van der Waals surface area contributed by atoms with E-state index in [0.717, 1.165) is 16.3 Å². The second-order valence-corrected chi connectivity index (χ2v) is 6.42. The number of nitrogens with one attached hydrogen (secondary N) is 1. The second-order valence-electron chi connectivity index (χ2n) is 6.23. The molecule has 0 bridgehead atoms. The standard InChI is InChI=1S/C20H16N4O2S/c1-13(11-21-12-27)22-19(25)18-17(23-20-24(18)8-9-26-20)16-7-6-14-4-2-3-5-15(14)10-16/h2-10,13H,11H2,1H3,(H,22,25). The monoisotopic (exact) mass is 376 g/mol. The molecule has 6 nitrogen and oxygen atoms in total. The first-order chi connectivity index (χ1) is 13.2. The van der Waals surface area contributed by atoms with Gasteiger partial charge in [0.2, 0.25) is 0 Å². The number of carbonyl (C=O) groups is 1. The van der Waals surface area contributed by atoms with Crippen LogP contribution in [0.2, 0.25) is 0 Å². The number of isothiocyanates is 1. The highest BCUT2D eigenvalue weighted by atomic mass is 32.1.